The molecule has 2 aromatic carbocycles. The number of hydrogen-bond acceptors (Lipinski definition) is 4. The van der Waals surface area contributed by atoms with E-state index < -0.39 is 0 Å². The van der Waals surface area contributed by atoms with Gasteiger partial charge in [0.25, 0.3) is 5.91 Å². The van der Waals surface area contributed by atoms with Crippen molar-refractivity contribution in [2.75, 3.05) is 36.8 Å². The minimum absolute atomic E-state index is 0.0682. The van der Waals surface area contributed by atoms with Gasteiger partial charge in [-0.25, -0.2) is 9.37 Å². The smallest absolute Gasteiger partial charge is 0.255 e. The number of halogens is 1. The first-order valence-corrected chi connectivity index (χ1v) is 10.7. The number of anilines is 1. The first kappa shape index (κ1) is 19.5. The number of hydrogen-bond donors (Lipinski definition) is 0. The Morgan fingerprint density at radius 1 is 1.07 bits per heavy atom. The van der Waals surface area contributed by atoms with Crippen LogP contribution in [0.2, 0.25) is 0 Å². The lowest BCUT2D eigenvalue weighted by Gasteiger charge is -2.35. The molecule has 1 aliphatic rings. The van der Waals surface area contributed by atoms with Gasteiger partial charge in [-0.05, 0) is 30.0 Å². The van der Waals surface area contributed by atoms with E-state index in [1.807, 2.05) is 35.2 Å². The third-order valence-corrected chi connectivity index (χ3v) is 5.96. The molecule has 7 heteroatoms. The number of thioether (sulfide) groups is 1. The highest BCUT2D eigenvalue weighted by atomic mass is 32.2. The van der Waals surface area contributed by atoms with Crippen LogP contribution < -0.4 is 4.90 Å². The van der Waals surface area contributed by atoms with Gasteiger partial charge >= 0.3 is 0 Å². The lowest BCUT2D eigenvalue weighted by atomic mass is 10.2. The molecule has 0 radical (unpaired) electrons. The van der Waals surface area contributed by atoms with E-state index in [0.717, 1.165) is 16.2 Å². The number of piperazine rings is 1. The van der Waals surface area contributed by atoms with E-state index in [0.29, 0.717) is 37.8 Å². The van der Waals surface area contributed by atoms with Crippen molar-refractivity contribution in [2.45, 2.75) is 11.8 Å². The van der Waals surface area contributed by atoms with Gasteiger partial charge in [0.05, 0.1) is 11.3 Å². The van der Waals surface area contributed by atoms with Gasteiger partial charge in [-0.3, -0.25) is 9.36 Å². The number of benzene rings is 2. The monoisotopic (exact) mass is 410 g/mol. The van der Waals surface area contributed by atoms with E-state index in [1.54, 1.807) is 40.9 Å². The standard InChI is InChI=1S/C22H23FN4OS/c1-2-29-20-10-6-3-7-17(20)21(28)25-13-15-26(16-14-25)22-24-11-12-27(22)19-9-5-4-8-18(19)23/h3-12H,2,13-16H2,1H3. The third kappa shape index (κ3) is 4.00. The molecule has 0 aliphatic carbocycles. The van der Waals surface area contributed by atoms with Crippen molar-refractivity contribution in [3.8, 4) is 5.69 Å². The van der Waals surface area contributed by atoms with Crippen molar-refractivity contribution in [2.24, 2.45) is 0 Å². The van der Waals surface area contributed by atoms with Crippen LogP contribution in [-0.4, -0.2) is 52.3 Å². The molecule has 0 bridgehead atoms. The lowest BCUT2D eigenvalue weighted by molar-refractivity contribution is 0.0742. The van der Waals surface area contributed by atoms with Crippen molar-refractivity contribution < 1.29 is 9.18 Å². The molecule has 0 atom stereocenters. The Hall–Kier alpha value is -2.80. The summed E-state index contributed by atoms with van der Waals surface area (Å²) in [6, 6.07) is 14.5. The van der Waals surface area contributed by atoms with E-state index in [4.69, 9.17) is 0 Å². The van der Waals surface area contributed by atoms with Crippen LogP contribution in [0.4, 0.5) is 10.3 Å². The minimum Gasteiger partial charge on any atom is -0.338 e. The van der Waals surface area contributed by atoms with Gasteiger partial charge in [-0.1, -0.05) is 31.2 Å². The Morgan fingerprint density at radius 2 is 1.79 bits per heavy atom. The van der Waals surface area contributed by atoms with Crippen molar-refractivity contribution in [3.05, 3.63) is 72.3 Å². The van der Waals surface area contributed by atoms with E-state index >= 15 is 0 Å². The fraction of sp³-hybridized carbons (Fsp3) is 0.273. The number of amides is 1. The SMILES string of the molecule is CCSc1ccccc1C(=O)N1CCN(c2nccn2-c2ccccc2F)CC1. The maximum Gasteiger partial charge on any atom is 0.255 e. The summed E-state index contributed by atoms with van der Waals surface area (Å²) in [6.07, 6.45) is 3.45. The van der Waals surface area contributed by atoms with Gasteiger partial charge < -0.3 is 9.80 Å². The zero-order valence-electron chi connectivity index (χ0n) is 16.3. The molecule has 1 aliphatic heterocycles. The third-order valence-electron chi connectivity index (χ3n) is 5.00. The van der Waals surface area contributed by atoms with Crippen LogP contribution >= 0.6 is 11.8 Å². The Bertz CT molecular complexity index is 998. The summed E-state index contributed by atoms with van der Waals surface area (Å²) in [4.78, 5) is 22.5. The second kappa shape index (κ2) is 8.69. The van der Waals surface area contributed by atoms with Crippen molar-refractivity contribution in [3.63, 3.8) is 0 Å². The molecule has 4 rings (SSSR count). The van der Waals surface area contributed by atoms with Crippen LogP contribution in [0.25, 0.3) is 5.69 Å². The van der Waals surface area contributed by atoms with Crippen LogP contribution in [0.3, 0.4) is 0 Å². The number of imidazole rings is 1. The van der Waals surface area contributed by atoms with Gasteiger partial charge in [0.15, 0.2) is 0 Å². The zero-order valence-corrected chi connectivity index (χ0v) is 17.1. The maximum absolute atomic E-state index is 14.2. The van der Waals surface area contributed by atoms with Gasteiger partial charge in [0.1, 0.15) is 5.82 Å². The maximum atomic E-state index is 14.2. The number of nitrogens with zero attached hydrogens (tertiary/aromatic N) is 4. The highest BCUT2D eigenvalue weighted by Crippen LogP contribution is 2.25. The second-order valence-electron chi connectivity index (χ2n) is 6.76. The summed E-state index contributed by atoms with van der Waals surface area (Å²) in [5.74, 6) is 1.41. The number of carbonyl (C=O) groups excluding carboxylic acids is 1. The zero-order chi connectivity index (χ0) is 20.2. The number of para-hydroxylation sites is 1. The van der Waals surface area contributed by atoms with Crippen molar-refractivity contribution in [1.29, 1.82) is 0 Å². The molecule has 1 aromatic heterocycles. The van der Waals surface area contributed by atoms with Crippen molar-refractivity contribution >= 4 is 23.6 Å². The molecule has 0 unspecified atom stereocenters. The molecular weight excluding hydrogens is 387 g/mol. The number of rotatable bonds is 5. The molecule has 1 fully saturated rings. The molecule has 29 heavy (non-hydrogen) atoms. The summed E-state index contributed by atoms with van der Waals surface area (Å²) < 4.78 is 16.0. The molecule has 2 heterocycles. The normalized spacial score (nSPS) is 14.3. The van der Waals surface area contributed by atoms with Gasteiger partial charge in [0.2, 0.25) is 5.95 Å². The van der Waals surface area contributed by atoms with Crippen LogP contribution in [-0.2, 0) is 0 Å². The first-order chi connectivity index (χ1) is 14.2. The minimum atomic E-state index is -0.286. The average molecular weight is 411 g/mol. The van der Waals surface area contributed by atoms with Crippen LogP contribution in [0.1, 0.15) is 17.3 Å². The van der Waals surface area contributed by atoms with E-state index in [-0.39, 0.29) is 11.7 Å². The topological polar surface area (TPSA) is 41.4 Å². The van der Waals surface area contributed by atoms with E-state index in [1.165, 1.54) is 6.07 Å². The lowest BCUT2D eigenvalue weighted by Crippen LogP contribution is -2.49. The summed E-state index contributed by atoms with van der Waals surface area (Å²) >= 11 is 1.69. The van der Waals surface area contributed by atoms with E-state index in [9.17, 15) is 9.18 Å². The Labute approximate surface area is 174 Å². The second-order valence-corrected chi connectivity index (χ2v) is 8.06. The first-order valence-electron chi connectivity index (χ1n) is 9.73. The summed E-state index contributed by atoms with van der Waals surface area (Å²) in [6.45, 7) is 4.60. The molecule has 3 aromatic rings. The van der Waals surface area contributed by atoms with Gasteiger partial charge in [-0.15, -0.1) is 11.8 Å². The fourth-order valence-electron chi connectivity index (χ4n) is 3.57. The number of aromatic nitrogens is 2. The largest absolute Gasteiger partial charge is 0.338 e. The van der Waals surface area contributed by atoms with Gasteiger partial charge in [0, 0.05) is 43.5 Å². The molecule has 1 amide bonds. The molecule has 150 valence electrons. The Kier molecular flexibility index (Phi) is 5.85. The van der Waals surface area contributed by atoms with Gasteiger partial charge in [-0.2, -0.15) is 0 Å². The summed E-state index contributed by atoms with van der Waals surface area (Å²) in [5.41, 5.74) is 1.24. The molecular formula is C22H23FN4OS. The van der Waals surface area contributed by atoms with Crippen LogP contribution in [0, 0.1) is 5.82 Å². The summed E-state index contributed by atoms with van der Waals surface area (Å²) in [7, 11) is 0. The number of carbonyl (C=O) groups is 1. The van der Waals surface area contributed by atoms with E-state index in [2.05, 4.69) is 16.8 Å². The molecule has 1 saturated heterocycles. The average Bonchev–Trinajstić information content (AvgIpc) is 3.24. The molecule has 0 spiro atoms. The molecule has 5 nitrogen and oxygen atoms in total. The highest BCUT2D eigenvalue weighted by molar-refractivity contribution is 7.99. The highest BCUT2D eigenvalue weighted by Gasteiger charge is 2.26. The van der Waals surface area contributed by atoms with Crippen molar-refractivity contribution in [1.82, 2.24) is 14.5 Å². The fourth-order valence-corrected chi connectivity index (χ4v) is 4.37. The quantitative estimate of drug-likeness (QED) is 0.594. The predicted octanol–water partition coefficient (Wildman–Crippen LogP) is 4.09. The Balaban J connectivity index is 1.48. The van der Waals surface area contributed by atoms with Crippen LogP contribution in [0.5, 0.6) is 0 Å². The molecule has 0 N–H and O–H groups in total. The predicted molar refractivity (Wildman–Crippen MR) is 114 cm³/mol. The van der Waals surface area contributed by atoms with Crippen LogP contribution in [0.15, 0.2) is 65.8 Å². The Morgan fingerprint density at radius 3 is 2.55 bits per heavy atom. The molecule has 0 saturated carbocycles. The summed E-state index contributed by atoms with van der Waals surface area (Å²) in [5, 5.41) is 0.